The third kappa shape index (κ3) is 2.73. The maximum absolute atomic E-state index is 12.4. The largest absolute Gasteiger partial charge is 0.323 e. The Balaban J connectivity index is 2.29. The van der Waals surface area contributed by atoms with Crippen LogP contribution >= 0.6 is 11.6 Å². The topological polar surface area (TPSA) is 87.2 Å². The molecule has 0 aliphatic carbocycles. The van der Waals surface area contributed by atoms with Crippen LogP contribution in [0.4, 0.5) is 5.69 Å². The van der Waals surface area contributed by atoms with Crippen molar-refractivity contribution in [2.75, 3.05) is 6.54 Å². The summed E-state index contributed by atoms with van der Waals surface area (Å²) in [6.45, 7) is 0.504. The summed E-state index contributed by atoms with van der Waals surface area (Å²) >= 11 is 5.94. The van der Waals surface area contributed by atoms with Crippen LogP contribution in [0.3, 0.4) is 0 Å². The third-order valence-electron chi connectivity index (χ3n) is 3.31. The van der Waals surface area contributed by atoms with Gasteiger partial charge in [-0.05, 0) is 25.3 Å². The lowest BCUT2D eigenvalue weighted by atomic mass is 10.0. The second kappa shape index (κ2) is 5.88. The average Bonchev–Trinajstić information content (AvgIpc) is 2.46. The fourth-order valence-electron chi connectivity index (χ4n) is 2.25. The summed E-state index contributed by atoms with van der Waals surface area (Å²) < 4.78 is 0. The zero-order chi connectivity index (χ0) is 14.7. The molecule has 0 spiro atoms. The molecule has 1 aromatic carbocycles. The Labute approximate surface area is 120 Å². The molecule has 1 fully saturated rings. The highest BCUT2D eigenvalue weighted by Crippen LogP contribution is 2.26. The molecule has 1 unspecified atom stereocenters. The fourth-order valence-corrected chi connectivity index (χ4v) is 2.51. The van der Waals surface area contributed by atoms with E-state index < -0.39 is 11.0 Å². The quantitative estimate of drug-likeness (QED) is 0.619. The molecule has 0 saturated carbocycles. The molecule has 20 heavy (non-hydrogen) atoms. The number of carbonyl (C=O) groups excluding carboxylic acids is 1. The van der Waals surface area contributed by atoms with Gasteiger partial charge in [-0.3, -0.25) is 14.9 Å². The van der Waals surface area contributed by atoms with Crippen molar-refractivity contribution in [1.82, 2.24) is 4.90 Å². The van der Waals surface area contributed by atoms with Crippen molar-refractivity contribution in [1.29, 1.82) is 5.26 Å². The van der Waals surface area contributed by atoms with Crippen LogP contribution in [0.5, 0.6) is 0 Å². The molecule has 1 aliphatic heterocycles. The first-order valence-electron chi connectivity index (χ1n) is 6.19. The zero-order valence-electron chi connectivity index (χ0n) is 10.6. The predicted octanol–water partition coefficient (Wildman–Crippen LogP) is 2.77. The molecule has 0 N–H and O–H groups in total. The van der Waals surface area contributed by atoms with Gasteiger partial charge in [-0.15, -0.1) is 0 Å². The van der Waals surface area contributed by atoms with Gasteiger partial charge in [0, 0.05) is 18.7 Å². The smallest absolute Gasteiger partial charge is 0.270 e. The highest BCUT2D eigenvalue weighted by Gasteiger charge is 2.28. The van der Waals surface area contributed by atoms with Gasteiger partial charge in [0.1, 0.15) is 6.04 Å². The standard InChI is InChI=1S/C13H12ClN3O3/c14-12-7-9(17(19)20)4-5-11(12)13(18)16-6-2-1-3-10(16)8-15/h4-5,7,10H,1-3,6H2. The van der Waals surface area contributed by atoms with Crippen LogP contribution in [-0.4, -0.2) is 28.3 Å². The Hall–Kier alpha value is -2.13. The van der Waals surface area contributed by atoms with Crippen molar-refractivity contribution in [3.8, 4) is 6.07 Å². The third-order valence-corrected chi connectivity index (χ3v) is 3.62. The molecular weight excluding hydrogens is 282 g/mol. The molecule has 0 radical (unpaired) electrons. The molecule has 1 saturated heterocycles. The van der Waals surface area contributed by atoms with Gasteiger partial charge in [-0.1, -0.05) is 11.6 Å². The van der Waals surface area contributed by atoms with E-state index in [2.05, 4.69) is 6.07 Å². The van der Waals surface area contributed by atoms with E-state index in [0.29, 0.717) is 13.0 Å². The number of piperidine rings is 1. The van der Waals surface area contributed by atoms with Gasteiger partial charge in [-0.2, -0.15) is 5.26 Å². The predicted molar refractivity (Wildman–Crippen MR) is 72.4 cm³/mol. The summed E-state index contributed by atoms with van der Waals surface area (Å²) in [5, 5.41) is 19.8. The summed E-state index contributed by atoms with van der Waals surface area (Å²) in [4.78, 5) is 23.9. The number of nitro groups is 1. The van der Waals surface area contributed by atoms with Crippen molar-refractivity contribution in [3.63, 3.8) is 0 Å². The molecule has 6 nitrogen and oxygen atoms in total. The molecule has 1 aromatic rings. The summed E-state index contributed by atoms with van der Waals surface area (Å²) in [7, 11) is 0. The molecule has 0 bridgehead atoms. The van der Waals surface area contributed by atoms with Gasteiger partial charge < -0.3 is 4.90 Å². The van der Waals surface area contributed by atoms with E-state index in [0.717, 1.165) is 18.9 Å². The van der Waals surface area contributed by atoms with Crippen molar-refractivity contribution in [2.24, 2.45) is 0 Å². The number of hydrogen-bond acceptors (Lipinski definition) is 4. The number of carbonyl (C=O) groups is 1. The molecule has 104 valence electrons. The highest BCUT2D eigenvalue weighted by molar-refractivity contribution is 6.34. The average molecular weight is 294 g/mol. The first-order chi connectivity index (χ1) is 9.54. The highest BCUT2D eigenvalue weighted by atomic mass is 35.5. The van der Waals surface area contributed by atoms with E-state index in [1.807, 2.05) is 0 Å². The van der Waals surface area contributed by atoms with Crippen LogP contribution in [0.25, 0.3) is 0 Å². The van der Waals surface area contributed by atoms with Crippen LogP contribution in [0, 0.1) is 21.4 Å². The molecule has 1 amide bonds. The van der Waals surface area contributed by atoms with E-state index in [1.165, 1.54) is 17.0 Å². The maximum atomic E-state index is 12.4. The number of nitriles is 1. The summed E-state index contributed by atoms with van der Waals surface area (Å²) in [5.41, 5.74) is 0.0291. The number of nitrogens with zero attached hydrogens (tertiary/aromatic N) is 3. The van der Waals surface area contributed by atoms with Gasteiger partial charge in [0.2, 0.25) is 0 Å². The SMILES string of the molecule is N#CC1CCCCN1C(=O)c1ccc([N+](=O)[O-])cc1Cl. The Morgan fingerprint density at radius 1 is 1.50 bits per heavy atom. The Kier molecular flexibility index (Phi) is 4.20. The van der Waals surface area contributed by atoms with Crippen LogP contribution in [-0.2, 0) is 0 Å². The van der Waals surface area contributed by atoms with Crippen LogP contribution < -0.4 is 0 Å². The Bertz CT molecular complexity index is 597. The lowest BCUT2D eigenvalue weighted by Crippen LogP contribution is -2.43. The van der Waals surface area contributed by atoms with Crippen LogP contribution in [0.1, 0.15) is 29.6 Å². The Morgan fingerprint density at radius 2 is 2.25 bits per heavy atom. The molecule has 1 atom stereocenters. The molecule has 1 heterocycles. The number of non-ortho nitro benzene ring substituents is 1. The molecule has 0 aromatic heterocycles. The zero-order valence-corrected chi connectivity index (χ0v) is 11.3. The first kappa shape index (κ1) is 14.3. The summed E-state index contributed by atoms with van der Waals surface area (Å²) in [6, 6.07) is 5.38. The minimum Gasteiger partial charge on any atom is -0.323 e. The van der Waals surface area contributed by atoms with Crippen molar-refractivity contribution in [2.45, 2.75) is 25.3 Å². The molecule has 7 heteroatoms. The maximum Gasteiger partial charge on any atom is 0.270 e. The normalized spacial score (nSPS) is 18.4. The number of rotatable bonds is 2. The van der Waals surface area contributed by atoms with Crippen molar-refractivity contribution >= 4 is 23.2 Å². The lowest BCUT2D eigenvalue weighted by Gasteiger charge is -2.31. The fraction of sp³-hybridized carbons (Fsp3) is 0.385. The number of amides is 1. The van der Waals surface area contributed by atoms with E-state index in [9.17, 15) is 14.9 Å². The second-order valence-corrected chi connectivity index (χ2v) is 4.97. The molecule has 1 aliphatic rings. The monoisotopic (exact) mass is 293 g/mol. The van der Waals surface area contributed by atoms with E-state index >= 15 is 0 Å². The first-order valence-corrected chi connectivity index (χ1v) is 6.57. The van der Waals surface area contributed by atoms with Gasteiger partial charge in [0.25, 0.3) is 11.6 Å². The summed E-state index contributed by atoms with van der Waals surface area (Å²) in [6.07, 6.45) is 2.40. The van der Waals surface area contributed by atoms with Gasteiger partial charge >= 0.3 is 0 Å². The molecule has 2 rings (SSSR count). The minimum atomic E-state index is -0.570. The Morgan fingerprint density at radius 3 is 2.85 bits per heavy atom. The van der Waals surface area contributed by atoms with Crippen molar-refractivity contribution < 1.29 is 9.72 Å². The lowest BCUT2D eigenvalue weighted by molar-refractivity contribution is -0.384. The summed E-state index contributed by atoms with van der Waals surface area (Å²) in [5.74, 6) is -0.351. The van der Waals surface area contributed by atoms with E-state index in [4.69, 9.17) is 16.9 Å². The number of likely N-dealkylation sites (tertiary alicyclic amines) is 1. The number of hydrogen-bond donors (Lipinski definition) is 0. The van der Waals surface area contributed by atoms with Crippen molar-refractivity contribution in [3.05, 3.63) is 38.9 Å². The van der Waals surface area contributed by atoms with Gasteiger partial charge in [-0.25, -0.2) is 0 Å². The number of nitro benzene ring substituents is 1. The van der Waals surface area contributed by atoms with Gasteiger partial charge in [0.05, 0.1) is 21.6 Å². The van der Waals surface area contributed by atoms with Crippen LogP contribution in [0.2, 0.25) is 5.02 Å². The van der Waals surface area contributed by atoms with E-state index in [1.54, 1.807) is 0 Å². The number of benzene rings is 1. The van der Waals surface area contributed by atoms with Gasteiger partial charge in [0.15, 0.2) is 0 Å². The minimum absolute atomic E-state index is 0.0338. The number of halogens is 1. The second-order valence-electron chi connectivity index (χ2n) is 4.56. The van der Waals surface area contributed by atoms with Crippen LogP contribution in [0.15, 0.2) is 18.2 Å². The van der Waals surface area contributed by atoms with E-state index in [-0.39, 0.29) is 22.2 Å². The molecular formula is C13H12ClN3O3.